The van der Waals surface area contributed by atoms with Gasteiger partial charge < -0.3 is 10.1 Å². The van der Waals surface area contributed by atoms with Gasteiger partial charge >= 0.3 is 11.8 Å². The first kappa shape index (κ1) is 9.96. The van der Waals surface area contributed by atoms with Crippen LogP contribution in [0.2, 0.25) is 0 Å². The Kier molecular flexibility index (Phi) is 3.23. The molecule has 7 heteroatoms. The van der Waals surface area contributed by atoms with Crippen molar-refractivity contribution in [1.82, 2.24) is 15.3 Å². The summed E-state index contributed by atoms with van der Waals surface area (Å²) in [6.07, 6.45) is 0.678. The van der Waals surface area contributed by atoms with Gasteiger partial charge in [-0.25, -0.2) is 14.6 Å². The number of nitrogens with zero attached hydrogens (tertiary/aromatic N) is 1. The molecule has 1 aromatic rings. The molecule has 0 aliphatic heterocycles. The van der Waals surface area contributed by atoms with Gasteiger partial charge in [0.25, 0.3) is 0 Å². The van der Waals surface area contributed by atoms with Crippen LogP contribution in [0.5, 0.6) is 5.88 Å². The number of hydrogen-bond acceptors (Lipinski definition) is 4. The van der Waals surface area contributed by atoms with Gasteiger partial charge in [-0.15, -0.1) is 0 Å². The lowest BCUT2D eigenvalue weighted by Gasteiger charge is -2.03. The number of H-pyrrole nitrogens is 1. The molecule has 0 radical (unpaired) electrons. The quantitative estimate of drug-likeness (QED) is 0.719. The van der Waals surface area contributed by atoms with Crippen LogP contribution >= 0.6 is 22.6 Å². The molecule has 0 saturated heterocycles. The lowest BCUT2D eigenvalue weighted by atomic mass is 10.6. The third-order valence-electron chi connectivity index (χ3n) is 1.13. The van der Waals surface area contributed by atoms with Gasteiger partial charge in [0.05, 0.1) is 9.77 Å². The fraction of sp³-hybridized carbons (Fsp3) is 0.167. The van der Waals surface area contributed by atoms with Crippen molar-refractivity contribution in [2.75, 3.05) is 7.05 Å². The van der Waals surface area contributed by atoms with E-state index < -0.39 is 11.8 Å². The summed E-state index contributed by atoms with van der Waals surface area (Å²) < 4.78 is 5.28. The average Bonchev–Trinajstić information content (AvgIpc) is 2.11. The zero-order valence-corrected chi connectivity index (χ0v) is 8.78. The Morgan fingerprint density at radius 3 is 3.08 bits per heavy atom. The molecule has 1 heterocycles. The highest BCUT2D eigenvalue weighted by atomic mass is 127. The van der Waals surface area contributed by atoms with Crippen LogP contribution in [0.4, 0.5) is 4.79 Å². The van der Waals surface area contributed by atoms with Crippen molar-refractivity contribution < 1.29 is 9.53 Å². The summed E-state index contributed by atoms with van der Waals surface area (Å²) in [4.78, 5) is 27.2. The summed E-state index contributed by atoms with van der Waals surface area (Å²) in [5.74, 6) is 0.0972. The highest BCUT2D eigenvalue weighted by Gasteiger charge is 2.06. The Balaban J connectivity index is 2.94. The van der Waals surface area contributed by atoms with Gasteiger partial charge in [-0.1, -0.05) is 0 Å². The van der Waals surface area contributed by atoms with E-state index in [1.54, 1.807) is 0 Å². The first-order chi connectivity index (χ1) is 6.13. The Labute approximate surface area is 86.8 Å². The molecule has 1 aromatic heterocycles. The maximum absolute atomic E-state index is 10.8. The maximum Gasteiger partial charge on any atom is 0.413 e. The highest BCUT2D eigenvalue weighted by Crippen LogP contribution is 2.13. The number of rotatable bonds is 1. The van der Waals surface area contributed by atoms with Crippen molar-refractivity contribution in [2.45, 2.75) is 0 Å². The van der Waals surface area contributed by atoms with Crippen LogP contribution in [0.1, 0.15) is 0 Å². The smallest absolute Gasteiger partial charge is 0.392 e. The minimum absolute atomic E-state index is 0.0972. The second kappa shape index (κ2) is 4.21. The zero-order valence-electron chi connectivity index (χ0n) is 6.63. The van der Waals surface area contributed by atoms with E-state index in [0.29, 0.717) is 3.57 Å². The topological polar surface area (TPSA) is 84.1 Å². The Bertz CT molecular complexity index is 376. The first-order valence-electron chi connectivity index (χ1n) is 3.28. The molecule has 1 amide bonds. The van der Waals surface area contributed by atoms with Crippen molar-refractivity contribution >= 4 is 28.7 Å². The second-order valence-electron chi connectivity index (χ2n) is 2.00. The van der Waals surface area contributed by atoms with Crippen LogP contribution in [0.15, 0.2) is 11.0 Å². The molecule has 6 nitrogen and oxygen atoms in total. The molecule has 70 valence electrons. The number of ether oxygens (including phenoxy) is 1. The largest absolute Gasteiger partial charge is 0.413 e. The Morgan fingerprint density at radius 2 is 2.46 bits per heavy atom. The lowest BCUT2D eigenvalue weighted by Crippen LogP contribution is -2.24. The molecule has 13 heavy (non-hydrogen) atoms. The van der Waals surface area contributed by atoms with Crippen LogP contribution in [-0.2, 0) is 0 Å². The predicted molar refractivity (Wildman–Crippen MR) is 52.7 cm³/mol. The molecule has 0 aliphatic carbocycles. The molecule has 0 saturated carbocycles. The van der Waals surface area contributed by atoms with E-state index in [1.807, 2.05) is 22.6 Å². The van der Waals surface area contributed by atoms with E-state index in [0.717, 1.165) is 0 Å². The van der Waals surface area contributed by atoms with Crippen LogP contribution in [0.3, 0.4) is 0 Å². The molecule has 2 N–H and O–H groups in total. The molecule has 1 rings (SSSR count). The van der Waals surface area contributed by atoms with Gasteiger partial charge in [-0.2, -0.15) is 0 Å². The van der Waals surface area contributed by atoms with Crippen molar-refractivity contribution in [3.63, 3.8) is 0 Å². The van der Waals surface area contributed by atoms with Crippen LogP contribution < -0.4 is 15.7 Å². The van der Waals surface area contributed by atoms with Crippen molar-refractivity contribution in [1.29, 1.82) is 0 Å². The summed E-state index contributed by atoms with van der Waals surface area (Å²) in [5.41, 5.74) is -0.556. The molecule has 0 spiro atoms. The molecule has 0 aliphatic rings. The maximum atomic E-state index is 10.8. The summed E-state index contributed by atoms with van der Waals surface area (Å²) in [6.45, 7) is 0. The van der Waals surface area contributed by atoms with E-state index in [4.69, 9.17) is 4.74 Å². The molecule has 0 bridgehead atoms. The zero-order chi connectivity index (χ0) is 9.84. The number of aromatic amines is 1. The van der Waals surface area contributed by atoms with Crippen LogP contribution in [0.25, 0.3) is 0 Å². The number of carbonyl (C=O) groups is 1. The van der Waals surface area contributed by atoms with Gasteiger partial charge in [0.2, 0.25) is 5.88 Å². The third kappa shape index (κ3) is 2.68. The molecule has 0 aromatic carbocycles. The van der Waals surface area contributed by atoms with Crippen LogP contribution in [-0.4, -0.2) is 23.1 Å². The number of carbonyl (C=O) groups excluding carboxylic acids is 1. The van der Waals surface area contributed by atoms with Gasteiger partial charge in [-0.05, 0) is 22.6 Å². The number of amides is 1. The van der Waals surface area contributed by atoms with Gasteiger partial charge in [-0.3, -0.25) is 4.98 Å². The van der Waals surface area contributed by atoms with Crippen molar-refractivity contribution in [3.8, 4) is 5.88 Å². The lowest BCUT2D eigenvalue weighted by molar-refractivity contribution is 0.200. The number of hydrogen-bond donors (Lipinski definition) is 2. The van der Waals surface area contributed by atoms with Gasteiger partial charge in [0, 0.05) is 7.05 Å². The minimum Gasteiger partial charge on any atom is -0.392 e. The van der Waals surface area contributed by atoms with Crippen molar-refractivity contribution in [2.24, 2.45) is 0 Å². The van der Waals surface area contributed by atoms with E-state index in [-0.39, 0.29) is 5.88 Å². The van der Waals surface area contributed by atoms with Gasteiger partial charge in [0.15, 0.2) is 0 Å². The molecule has 0 fully saturated rings. The van der Waals surface area contributed by atoms with E-state index in [9.17, 15) is 9.59 Å². The van der Waals surface area contributed by atoms with Crippen molar-refractivity contribution in [3.05, 3.63) is 20.3 Å². The summed E-state index contributed by atoms with van der Waals surface area (Å²) in [6, 6.07) is 0. The monoisotopic (exact) mass is 295 g/mol. The van der Waals surface area contributed by atoms with E-state index in [1.165, 1.54) is 13.2 Å². The molecular weight excluding hydrogens is 289 g/mol. The standard InChI is InChI=1S/C6H6IN3O3/c1-8-6(12)13-4-3(7)2-9-5(11)10-4/h2H,1H3,(H,8,12)(H,9,10,11). The first-order valence-corrected chi connectivity index (χ1v) is 4.35. The molecule has 0 atom stereocenters. The fourth-order valence-corrected chi connectivity index (χ4v) is 0.965. The van der Waals surface area contributed by atoms with E-state index in [2.05, 4.69) is 15.3 Å². The molecular formula is C6H6IN3O3. The normalized spacial score (nSPS) is 9.38. The van der Waals surface area contributed by atoms with E-state index >= 15 is 0 Å². The Hall–Kier alpha value is -1.12. The summed E-state index contributed by atoms with van der Waals surface area (Å²) in [7, 11) is 1.43. The second-order valence-corrected chi connectivity index (χ2v) is 3.17. The third-order valence-corrected chi connectivity index (χ3v) is 1.90. The number of halogens is 1. The fourth-order valence-electron chi connectivity index (χ4n) is 0.581. The van der Waals surface area contributed by atoms with Gasteiger partial charge in [0.1, 0.15) is 0 Å². The predicted octanol–water partition coefficient (Wildman–Crippen LogP) is 0.0927. The van der Waals surface area contributed by atoms with Crippen LogP contribution in [0, 0.1) is 3.57 Å². The highest BCUT2D eigenvalue weighted by molar-refractivity contribution is 14.1. The Morgan fingerprint density at radius 1 is 1.77 bits per heavy atom. The average molecular weight is 295 g/mol. The SMILES string of the molecule is CNC(=O)Oc1[nH]c(=O)ncc1I. The number of nitrogens with one attached hydrogen (secondary N) is 2. The number of aromatic nitrogens is 2. The summed E-state index contributed by atoms with van der Waals surface area (Å²) in [5, 5.41) is 2.25. The molecule has 0 unspecified atom stereocenters. The summed E-state index contributed by atoms with van der Waals surface area (Å²) >= 11 is 1.89. The minimum atomic E-state index is -0.639.